The Hall–Kier alpha value is -4.00. The summed E-state index contributed by atoms with van der Waals surface area (Å²) >= 11 is 0. The van der Waals surface area contributed by atoms with Gasteiger partial charge in [-0.1, -0.05) is 49.2 Å². The summed E-state index contributed by atoms with van der Waals surface area (Å²) in [6.07, 6.45) is 3.42. The molecule has 1 aromatic heterocycles. The van der Waals surface area contributed by atoms with Gasteiger partial charge in [0.1, 0.15) is 11.5 Å². The number of carbonyl (C=O) groups is 2. The summed E-state index contributed by atoms with van der Waals surface area (Å²) in [5.41, 5.74) is 2.11. The molecule has 1 fully saturated rings. The number of carbonyl (C=O) groups excluding carboxylic acids is 2. The lowest BCUT2D eigenvalue weighted by Gasteiger charge is -2.25. The van der Waals surface area contributed by atoms with Crippen LogP contribution in [0.4, 0.5) is 0 Å². The number of hydrogen-bond donors (Lipinski definition) is 1. The number of likely N-dealkylation sites (tertiary alicyclic amines) is 1. The normalized spacial score (nSPS) is 17.1. The lowest BCUT2D eigenvalue weighted by atomic mass is 9.94. The zero-order chi connectivity index (χ0) is 24.9. The summed E-state index contributed by atoms with van der Waals surface area (Å²) in [5, 5.41) is 11.2. The number of aliphatic hydroxyl groups is 1. The van der Waals surface area contributed by atoms with Gasteiger partial charge in [0, 0.05) is 5.56 Å². The average Bonchev–Trinajstić information content (AvgIpc) is 3.47. The molecule has 7 heteroatoms. The van der Waals surface area contributed by atoms with Gasteiger partial charge in [-0.25, -0.2) is 0 Å². The molecule has 3 aromatic rings. The van der Waals surface area contributed by atoms with E-state index in [4.69, 9.17) is 13.9 Å². The number of benzene rings is 2. The molecular formula is C28H29NO6. The molecule has 1 saturated heterocycles. The van der Waals surface area contributed by atoms with Gasteiger partial charge in [0.25, 0.3) is 11.7 Å². The van der Waals surface area contributed by atoms with E-state index in [1.54, 1.807) is 42.5 Å². The van der Waals surface area contributed by atoms with Crippen molar-refractivity contribution in [2.24, 2.45) is 0 Å². The minimum Gasteiger partial charge on any atom is -0.507 e. The fourth-order valence-corrected chi connectivity index (χ4v) is 4.13. The smallest absolute Gasteiger partial charge is 0.296 e. The first-order valence-electron chi connectivity index (χ1n) is 11.6. The molecule has 1 unspecified atom stereocenters. The monoisotopic (exact) mass is 475 g/mol. The first-order valence-corrected chi connectivity index (χ1v) is 11.6. The summed E-state index contributed by atoms with van der Waals surface area (Å²) in [7, 11) is 1.54. The van der Waals surface area contributed by atoms with Crippen molar-refractivity contribution in [3.63, 3.8) is 0 Å². The minimum absolute atomic E-state index is 0.0205. The van der Waals surface area contributed by atoms with E-state index in [0.717, 1.165) is 18.4 Å². The molecule has 1 atom stereocenters. The number of ether oxygens (including phenoxy) is 2. The number of rotatable bonds is 9. The molecule has 0 bridgehead atoms. The summed E-state index contributed by atoms with van der Waals surface area (Å²) in [5.74, 6) is -0.0934. The zero-order valence-corrected chi connectivity index (χ0v) is 20.1. The highest BCUT2D eigenvalue weighted by Crippen LogP contribution is 2.42. The van der Waals surface area contributed by atoms with Gasteiger partial charge < -0.3 is 23.9 Å². The number of methoxy groups -OCH3 is 1. The van der Waals surface area contributed by atoms with Crippen molar-refractivity contribution in [3.8, 4) is 11.5 Å². The van der Waals surface area contributed by atoms with Gasteiger partial charge in [0.15, 0.2) is 11.5 Å². The van der Waals surface area contributed by atoms with E-state index in [0.29, 0.717) is 35.0 Å². The Balaban J connectivity index is 1.82. The van der Waals surface area contributed by atoms with Crippen molar-refractivity contribution in [2.45, 2.75) is 39.3 Å². The van der Waals surface area contributed by atoms with Crippen LogP contribution in [0.15, 0.2) is 70.9 Å². The number of unbranched alkanes of at least 4 members (excludes halogenated alkanes) is 1. The molecule has 7 nitrogen and oxygen atoms in total. The van der Waals surface area contributed by atoms with Crippen LogP contribution in [0.1, 0.15) is 48.3 Å². The highest BCUT2D eigenvalue weighted by atomic mass is 16.5. The number of aryl methyl sites for hydroxylation is 1. The maximum atomic E-state index is 13.2. The number of Topliss-reactive ketones (excluding diaryl/α,β-unsaturated/α-hetero) is 1. The topological polar surface area (TPSA) is 89.2 Å². The van der Waals surface area contributed by atoms with Gasteiger partial charge in [-0.3, -0.25) is 9.59 Å². The molecule has 2 aromatic carbocycles. The number of nitrogens with zero attached hydrogens (tertiary/aromatic N) is 1. The minimum atomic E-state index is -0.833. The molecule has 1 aliphatic heterocycles. The summed E-state index contributed by atoms with van der Waals surface area (Å²) in [6.45, 7) is 4.64. The molecular weight excluding hydrogens is 446 g/mol. The highest BCUT2D eigenvalue weighted by molar-refractivity contribution is 6.46. The third kappa shape index (κ3) is 4.94. The Kier molecular flexibility index (Phi) is 7.25. The van der Waals surface area contributed by atoms with Crippen molar-refractivity contribution in [2.75, 3.05) is 13.7 Å². The standard InChI is InChI=1S/C28H29NO6/c1-4-5-14-35-22-13-12-20(16-23(22)33-3)25-24(26(30)19-10-8-18(2)9-11-19)27(31)28(32)29(25)17-21-7-6-15-34-21/h6-13,15-16,25,30H,4-5,14,17H2,1-3H3. The van der Waals surface area contributed by atoms with E-state index in [-0.39, 0.29) is 17.9 Å². The fourth-order valence-electron chi connectivity index (χ4n) is 4.13. The van der Waals surface area contributed by atoms with Gasteiger partial charge in [-0.15, -0.1) is 0 Å². The largest absolute Gasteiger partial charge is 0.507 e. The number of amides is 1. The second-order valence-corrected chi connectivity index (χ2v) is 8.48. The lowest BCUT2D eigenvalue weighted by molar-refractivity contribution is -0.140. The van der Waals surface area contributed by atoms with Crippen LogP contribution in [0.25, 0.3) is 5.76 Å². The summed E-state index contributed by atoms with van der Waals surface area (Å²) in [4.78, 5) is 27.8. The Morgan fingerprint density at radius 2 is 1.86 bits per heavy atom. The molecule has 35 heavy (non-hydrogen) atoms. The van der Waals surface area contributed by atoms with Crippen molar-refractivity contribution in [1.82, 2.24) is 4.90 Å². The first-order chi connectivity index (χ1) is 16.9. The van der Waals surface area contributed by atoms with Crippen LogP contribution >= 0.6 is 0 Å². The van der Waals surface area contributed by atoms with Crippen LogP contribution < -0.4 is 9.47 Å². The molecule has 182 valence electrons. The Labute approximate surface area is 204 Å². The van der Waals surface area contributed by atoms with E-state index >= 15 is 0 Å². The average molecular weight is 476 g/mol. The number of furan rings is 1. The van der Waals surface area contributed by atoms with Gasteiger partial charge >= 0.3 is 0 Å². The van der Waals surface area contributed by atoms with Crippen molar-refractivity contribution in [3.05, 3.63) is 88.9 Å². The molecule has 1 amide bonds. The van der Waals surface area contributed by atoms with Gasteiger partial charge in [0.05, 0.1) is 38.1 Å². The van der Waals surface area contributed by atoms with Gasteiger partial charge in [-0.2, -0.15) is 0 Å². The molecule has 1 aliphatic rings. The van der Waals surface area contributed by atoms with E-state index in [1.807, 2.05) is 19.1 Å². The number of aliphatic hydroxyl groups excluding tert-OH is 1. The second kappa shape index (κ2) is 10.5. The second-order valence-electron chi connectivity index (χ2n) is 8.48. The lowest BCUT2D eigenvalue weighted by Crippen LogP contribution is -2.29. The third-order valence-corrected chi connectivity index (χ3v) is 6.03. The van der Waals surface area contributed by atoms with Crippen LogP contribution in [0.5, 0.6) is 11.5 Å². The number of hydrogen-bond acceptors (Lipinski definition) is 6. The van der Waals surface area contributed by atoms with Crippen LogP contribution in [-0.4, -0.2) is 35.4 Å². The SMILES string of the molecule is CCCCOc1ccc(C2C(=C(O)c3ccc(C)cc3)C(=O)C(=O)N2Cc2ccco2)cc1OC. The first kappa shape index (κ1) is 24.1. The fraction of sp³-hybridized carbons (Fsp3) is 0.286. The molecule has 0 radical (unpaired) electrons. The Morgan fingerprint density at radius 3 is 2.51 bits per heavy atom. The maximum absolute atomic E-state index is 13.2. The van der Waals surface area contributed by atoms with E-state index in [2.05, 4.69) is 6.92 Å². The van der Waals surface area contributed by atoms with Crippen LogP contribution in [0.2, 0.25) is 0 Å². The van der Waals surface area contributed by atoms with Crippen LogP contribution in [0, 0.1) is 6.92 Å². The summed E-state index contributed by atoms with van der Waals surface area (Å²) in [6, 6.07) is 15.1. The zero-order valence-electron chi connectivity index (χ0n) is 20.1. The van der Waals surface area contributed by atoms with Gasteiger partial charge in [0.2, 0.25) is 0 Å². The predicted octanol–water partition coefficient (Wildman–Crippen LogP) is 5.40. The van der Waals surface area contributed by atoms with Gasteiger partial charge in [-0.05, 0) is 43.2 Å². The predicted molar refractivity (Wildman–Crippen MR) is 131 cm³/mol. The number of ketones is 1. The van der Waals surface area contributed by atoms with Crippen molar-refractivity contribution in [1.29, 1.82) is 0 Å². The third-order valence-electron chi connectivity index (χ3n) is 6.03. The molecule has 0 spiro atoms. The maximum Gasteiger partial charge on any atom is 0.296 e. The molecule has 2 heterocycles. The Morgan fingerprint density at radius 1 is 1.09 bits per heavy atom. The molecule has 0 aliphatic carbocycles. The van der Waals surface area contributed by atoms with Crippen molar-refractivity contribution >= 4 is 17.4 Å². The van der Waals surface area contributed by atoms with E-state index < -0.39 is 17.7 Å². The molecule has 0 saturated carbocycles. The highest BCUT2D eigenvalue weighted by Gasteiger charge is 2.46. The molecule has 4 rings (SSSR count). The van der Waals surface area contributed by atoms with Crippen LogP contribution in [-0.2, 0) is 16.1 Å². The van der Waals surface area contributed by atoms with E-state index in [9.17, 15) is 14.7 Å². The molecule has 1 N–H and O–H groups in total. The summed E-state index contributed by atoms with van der Waals surface area (Å²) < 4.78 is 16.8. The van der Waals surface area contributed by atoms with Crippen LogP contribution in [0.3, 0.4) is 0 Å². The van der Waals surface area contributed by atoms with Crippen molar-refractivity contribution < 1.29 is 28.6 Å². The van der Waals surface area contributed by atoms with E-state index in [1.165, 1.54) is 18.3 Å². The Bertz CT molecular complexity index is 1230. The quantitative estimate of drug-likeness (QED) is 0.193.